The zero-order chi connectivity index (χ0) is 16.3. The molecule has 116 valence electrons. The quantitative estimate of drug-likeness (QED) is 0.801. The van der Waals surface area contributed by atoms with Gasteiger partial charge >= 0.3 is 0 Å². The van der Waals surface area contributed by atoms with Gasteiger partial charge in [-0.1, -0.05) is 54.6 Å². The Morgan fingerprint density at radius 1 is 0.826 bits per heavy atom. The number of carbonyl (C=O) groups excluding carboxylic acids is 1. The zero-order valence-corrected chi connectivity index (χ0v) is 13.1. The van der Waals surface area contributed by atoms with Crippen molar-refractivity contribution in [2.24, 2.45) is 0 Å². The maximum atomic E-state index is 12.2. The number of hydrogen-bond acceptors (Lipinski definition) is 3. The molecule has 0 saturated heterocycles. The molecule has 0 atom stereocenters. The van der Waals surface area contributed by atoms with Crippen molar-refractivity contribution in [2.75, 3.05) is 11.1 Å². The number of rotatable bonds is 4. The lowest BCUT2D eigenvalue weighted by Gasteiger charge is -2.09. The second kappa shape index (κ2) is 6.22. The highest BCUT2D eigenvalue weighted by molar-refractivity contribution is 7.92. The van der Waals surface area contributed by atoms with E-state index >= 15 is 0 Å². The number of anilines is 1. The van der Waals surface area contributed by atoms with Gasteiger partial charge in [-0.3, -0.25) is 4.79 Å². The average molecular weight is 325 g/mol. The van der Waals surface area contributed by atoms with Crippen LogP contribution in [0, 0.1) is 0 Å². The second-order valence-electron chi connectivity index (χ2n) is 5.15. The lowest BCUT2D eigenvalue weighted by atomic mass is 10.1. The molecule has 0 bridgehead atoms. The van der Waals surface area contributed by atoms with E-state index in [-0.39, 0.29) is 4.90 Å². The molecule has 0 radical (unpaired) electrons. The number of benzene rings is 3. The van der Waals surface area contributed by atoms with E-state index in [1.807, 2.05) is 36.4 Å². The van der Waals surface area contributed by atoms with Crippen LogP contribution in [0.15, 0.2) is 77.7 Å². The van der Waals surface area contributed by atoms with Crippen LogP contribution in [0.2, 0.25) is 0 Å². The molecule has 0 aliphatic rings. The van der Waals surface area contributed by atoms with Gasteiger partial charge in [0, 0.05) is 11.1 Å². The Hall–Kier alpha value is -2.66. The standard InChI is InChI=1S/C18H15NO3S/c20-18(13-23(21,22)15-9-2-1-3-10-15)19-17-12-6-8-14-7-4-5-11-16(14)17/h1-12H,13H2,(H,19,20). The summed E-state index contributed by atoms with van der Waals surface area (Å²) in [6.45, 7) is 0. The summed E-state index contributed by atoms with van der Waals surface area (Å²) in [5.41, 5.74) is 0.608. The smallest absolute Gasteiger partial charge is 0.239 e. The lowest BCUT2D eigenvalue weighted by molar-refractivity contribution is -0.113. The summed E-state index contributed by atoms with van der Waals surface area (Å²) in [5, 5.41) is 4.55. The largest absolute Gasteiger partial charge is 0.325 e. The van der Waals surface area contributed by atoms with Crippen LogP contribution in [0.25, 0.3) is 10.8 Å². The Morgan fingerprint density at radius 2 is 1.48 bits per heavy atom. The molecule has 1 amide bonds. The van der Waals surface area contributed by atoms with Gasteiger partial charge in [0.15, 0.2) is 9.84 Å². The minimum Gasteiger partial charge on any atom is -0.325 e. The Balaban J connectivity index is 1.82. The van der Waals surface area contributed by atoms with Crippen LogP contribution < -0.4 is 5.32 Å². The van der Waals surface area contributed by atoms with Crippen molar-refractivity contribution in [1.29, 1.82) is 0 Å². The molecule has 0 aromatic heterocycles. The molecule has 0 fully saturated rings. The first-order chi connectivity index (χ1) is 11.1. The molecule has 0 aliphatic carbocycles. The van der Waals surface area contributed by atoms with Crippen LogP contribution in [0.3, 0.4) is 0 Å². The maximum absolute atomic E-state index is 12.2. The van der Waals surface area contributed by atoms with Crippen LogP contribution in [-0.2, 0) is 14.6 Å². The highest BCUT2D eigenvalue weighted by Gasteiger charge is 2.19. The first-order valence-corrected chi connectivity index (χ1v) is 8.77. The normalized spacial score (nSPS) is 11.3. The molecule has 4 nitrogen and oxygen atoms in total. The summed E-state index contributed by atoms with van der Waals surface area (Å²) in [6, 6.07) is 21.1. The molecule has 1 N–H and O–H groups in total. The fraction of sp³-hybridized carbons (Fsp3) is 0.0556. The molecular weight excluding hydrogens is 310 g/mol. The Kier molecular flexibility index (Phi) is 4.12. The molecule has 3 aromatic rings. The summed E-state index contributed by atoms with van der Waals surface area (Å²) in [7, 11) is -3.64. The highest BCUT2D eigenvalue weighted by atomic mass is 32.2. The van der Waals surface area contributed by atoms with Crippen molar-refractivity contribution >= 4 is 32.2 Å². The fourth-order valence-electron chi connectivity index (χ4n) is 2.40. The highest BCUT2D eigenvalue weighted by Crippen LogP contribution is 2.23. The van der Waals surface area contributed by atoms with Gasteiger partial charge in [0.2, 0.25) is 5.91 Å². The third kappa shape index (κ3) is 3.40. The number of sulfone groups is 1. The van der Waals surface area contributed by atoms with Gasteiger partial charge in [-0.2, -0.15) is 0 Å². The van der Waals surface area contributed by atoms with Gasteiger partial charge in [-0.05, 0) is 23.6 Å². The molecule has 5 heteroatoms. The van der Waals surface area contributed by atoms with Gasteiger partial charge in [0.05, 0.1) is 4.90 Å². The van der Waals surface area contributed by atoms with Crippen LogP contribution in [0.1, 0.15) is 0 Å². The fourth-order valence-corrected chi connectivity index (χ4v) is 3.56. The zero-order valence-electron chi connectivity index (χ0n) is 12.3. The molecule has 3 aromatic carbocycles. The molecule has 0 heterocycles. The topological polar surface area (TPSA) is 63.2 Å². The van der Waals surface area contributed by atoms with E-state index in [1.54, 1.807) is 24.3 Å². The van der Waals surface area contributed by atoms with Crippen molar-refractivity contribution in [3.8, 4) is 0 Å². The van der Waals surface area contributed by atoms with E-state index in [9.17, 15) is 13.2 Å². The van der Waals surface area contributed by atoms with Crippen LogP contribution in [-0.4, -0.2) is 20.1 Å². The predicted octanol–water partition coefficient (Wildman–Crippen LogP) is 3.25. The van der Waals surface area contributed by atoms with Crippen molar-refractivity contribution in [1.82, 2.24) is 0 Å². The minimum atomic E-state index is -3.64. The number of carbonyl (C=O) groups is 1. The first-order valence-electron chi connectivity index (χ1n) is 7.12. The van der Waals surface area contributed by atoms with Crippen LogP contribution >= 0.6 is 0 Å². The Morgan fingerprint density at radius 3 is 2.26 bits per heavy atom. The molecule has 0 unspecified atom stereocenters. The second-order valence-corrected chi connectivity index (χ2v) is 7.14. The van der Waals surface area contributed by atoms with Gasteiger partial charge in [0.25, 0.3) is 0 Å². The molecular formula is C18H15NO3S. The van der Waals surface area contributed by atoms with Crippen LogP contribution in [0.5, 0.6) is 0 Å². The van der Waals surface area contributed by atoms with E-state index in [1.165, 1.54) is 12.1 Å². The van der Waals surface area contributed by atoms with E-state index in [0.29, 0.717) is 5.69 Å². The van der Waals surface area contributed by atoms with Crippen molar-refractivity contribution in [2.45, 2.75) is 4.90 Å². The minimum absolute atomic E-state index is 0.146. The van der Waals surface area contributed by atoms with Gasteiger partial charge in [0.1, 0.15) is 5.75 Å². The van der Waals surface area contributed by atoms with Crippen molar-refractivity contribution in [3.05, 3.63) is 72.8 Å². The maximum Gasteiger partial charge on any atom is 0.239 e. The number of hydrogen-bond donors (Lipinski definition) is 1. The number of fused-ring (bicyclic) bond motifs is 1. The van der Waals surface area contributed by atoms with Crippen molar-refractivity contribution in [3.63, 3.8) is 0 Å². The van der Waals surface area contributed by atoms with E-state index in [0.717, 1.165) is 10.8 Å². The number of amides is 1. The monoisotopic (exact) mass is 325 g/mol. The van der Waals surface area contributed by atoms with Gasteiger partial charge in [-0.15, -0.1) is 0 Å². The van der Waals surface area contributed by atoms with E-state index in [4.69, 9.17) is 0 Å². The van der Waals surface area contributed by atoms with Crippen LogP contribution in [0.4, 0.5) is 5.69 Å². The summed E-state index contributed by atoms with van der Waals surface area (Å²) in [5.74, 6) is -1.13. The first kappa shape index (κ1) is 15.2. The average Bonchev–Trinajstić information content (AvgIpc) is 2.55. The summed E-state index contributed by atoms with van der Waals surface area (Å²) >= 11 is 0. The third-order valence-corrected chi connectivity index (χ3v) is 5.12. The van der Waals surface area contributed by atoms with Crippen molar-refractivity contribution < 1.29 is 13.2 Å². The molecule has 0 spiro atoms. The molecule has 23 heavy (non-hydrogen) atoms. The molecule has 3 rings (SSSR count). The summed E-state index contributed by atoms with van der Waals surface area (Å²) in [6.07, 6.45) is 0. The van der Waals surface area contributed by atoms with E-state index < -0.39 is 21.5 Å². The molecule has 0 saturated carbocycles. The Labute approximate surface area is 134 Å². The summed E-state index contributed by atoms with van der Waals surface area (Å²) in [4.78, 5) is 12.3. The SMILES string of the molecule is O=C(CS(=O)(=O)c1ccccc1)Nc1cccc2ccccc12. The number of nitrogens with one attached hydrogen (secondary N) is 1. The third-order valence-electron chi connectivity index (χ3n) is 3.49. The van der Waals surface area contributed by atoms with Gasteiger partial charge < -0.3 is 5.32 Å². The lowest BCUT2D eigenvalue weighted by Crippen LogP contribution is -2.23. The molecule has 0 aliphatic heterocycles. The summed E-state index contributed by atoms with van der Waals surface area (Å²) < 4.78 is 24.5. The predicted molar refractivity (Wildman–Crippen MR) is 91.1 cm³/mol. The van der Waals surface area contributed by atoms with E-state index in [2.05, 4.69) is 5.32 Å². The Bertz CT molecular complexity index is 945. The van der Waals surface area contributed by atoms with Gasteiger partial charge in [-0.25, -0.2) is 8.42 Å².